The molecule has 0 unspecified atom stereocenters. The van der Waals surface area contributed by atoms with Crippen LogP contribution in [0.2, 0.25) is 0 Å². The molecule has 28 heavy (non-hydrogen) atoms. The van der Waals surface area contributed by atoms with Gasteiger partial charge in [-0.3, -0.25) is 4.79 Å². The molecule has 2 fully saturated rings. The number of aliphatic hydroxyl groups is 4. The molecule has 0 radical (unpaired) electrons. The monoisotopic (exact) mass is 404 g/mol. The van der Waals surface area contributed by atoms with E-state index in [2.05, 4.69) is 0 Å². The summed E-state index contributed by atoms with van der Waals surface area (Å²) in [5, 5.41) is 39.2. The first-order valence-corrected chi connectivity index (χ1v) is 8.87. The average Bonchev–Trinajstić information content (AvgIpc) is 2.67. The van der Waals surface area contributed by atoms with Crippen molar-refractivity contribution in [1.29, 1.82) is 0 Å². The van der Waals surface area contributed by atoms with Gasteiger partial charge in [0.2, 0.25) is 6.29 Å². The lowest BCUT2D eigenvalue weighted by atomic mass is 9.77. The van der Waals surface area contributed by atoms with Crippen LogP contribution in [0, 0.1) is 11.8 Å². The molecular weight excluding hydrogens is 380 g/mol. The lowest BCUT2D eigenvalue weighted by molar-refractivity contribution is -0.346. The third-order valence-corrected chi connectivity index (χ3v) is 5.29. The van der Waals surface area contributed by atoms with Crippen LogP contribution in [0.15, 0.2) is 11.8 Å². The molecule has 3 aliphatic heterocycles. The van der Waals surface area contributed by atoms with Gasteiger partial charge in [-0.1, -0.05) is 0 Å². The molecule has 0 amide bonds. The molecule has 11 heteroatoms. The third kappa shape index (κ3) is 3.73. The summed E-state index contributed by atoms with van der Waals surface area (Å²) in [4.78, 5) is 23.9. The zero-order valence-electron chi connectivity index (χ0n) is 15.3. The summed E-state index contributed by atoms with van der Waals surface area (Å²) in [6.07, 6.45) is -8.08. The van der Waals surface area contributed by atoms with Crippen LogP contribution in [0.25, 0.3) is 0 Å². The van der Waals surface area contributed by atoms with Crippen LogP contribution in [0.1, 0.15) is 13.3 Å². The van der Waals surface area contributed by atoms with E-state index >= 15 is 0 Å². The van der Waals surface area contributed by atoms with E-state index in [0.29, 0.717) is 0 Å². The fourth-order valence-electron chi connectivity index (χ4n) is 3.78. The molecule has 0 aromatic rings. The van der Waals surface area contributed by atoms with Crippen molar-refractivity contribution >= 4 is 11.9 Å². The van der Waals surface area contributed by atoms with Gasteiger partial charge in [-0.25, -0.2) is 4.79 Å². The van der Waals surface area contributed by atoms with E-state index in [1.165, 1.54) is 7.11 Å². The molecule has 9 atom stereocenters. The second-order valence-electron chi connectivity index (χ2n) is 6.99. The Balaban J connectivity index is 1.82. The minimum Gasteiger partial charge on any atom is -0.471 e. The number of cyclic esters (lactones) is 1. The van der Waals surface area contributed by atoms with E-state index in [1.807, 2.05) is 0 Å². The number of methoxy groups -OCH3 is 1. The second kappa shape index (κ2) is 8.31. The summed E-state index contributed by atoms with van der Waals surface area (Å²) in [7, 11) is 1.21. The molecule has 158 valence electrons. The fourth-order valence-corrected chi connectivity index (χ4v) is 3.78. The second-order valence-corrected chi connectivity index (χ2v) is 6.99. The van der Waals surface area contributed by atoms with Gasteiger partial charge < -0.3 is 44.1 Å². The predicted molar refractivity (Wildman–Crippen MR) is 87.0 cm³/mol. The topological polar surface area (TPSA) is 161 Å². The van der Waals surface area contributed by atoms with Crippen LogP contribution in [-0.2, 0) is 33.3 Å². The van der Waals surface area contributed by atoms with E-state index in [-0.39, 0.29) is 12.0 Å². The van der Waals surface area contributed by atoms with E-state index in [0.717, 1.165) is 6.26 Å². The highest BCUT2D eigenvalue weighted by atomic mass is 16.8. The van der Waals surface area contributed by atoms with Crippen LogP contribution in [-0.4, -0.2) is 89.2 Å². The van der Waals surface area contributed by atoms with Crippen LogP contribution >= 0.6 is 0 Å². The lowest BCUT2D eigenvalue weighted by Gasteiger charge is -2.45. The first-order chi connectivity index (χ1) is 13.3. The van der Waals surface area contributed by atoms with Gasteiger partial charge in [0.15, 0.2) is 6.29 Å². The quantitative estimate of drug-likeness (QED) is 0.376. The number of rotatable bonds is 4. The highest BCUT2D eigenvalue weighted by molar-refractivity contribution is 5.90. The maximum Gasteiger partial charge on any atom is 0.337 e. The first-order valence-electron chi connectivity index (χ1n) is 8.87. The Labute approximate surface area is 160 Å². The number of aliphatic hydroxyl groups excluding tert-OH is 4. The number of hydrogen-bond donors (Lipinski definition) is 4. The summed E-state index contributed by atoms with van der Waals surface area (Å²) >= 11 is 0. The van der Waals surface area contributed by atoms with Crippen molar-refractivity contribution in [2.75, 3.05) is 13.7 Å². The summed E-state index contributed by atoms with van der Waals surface area (Å²) in [6.45, 7) is 1.00. The van der Waals surface area contributed by atoms with Gasteiger partial charge in [-0.2, -0.15) is 0 Å². The van der Waals surface area contributed by atoms with Crippen molar-refractivity contribution in [3.05, 3.63) is 11.8 Å². The average molecular weight is 404 g/mol. The summed E-state index contributed by atoms with van der Waals surface area (Å²) in [6, 6.07) is 0. The van der Waals surface area contributed by atoms with Gasteiger partial charge in [0, 0.05) is 5.92 Å². The number of carbonyl (C=O) groups excluding carboxylic acids is 2. The smallest absolute Gasteiger partial charge is 0.337 e. The first kappa shape index (κ1) is 21.0. The Morgan fingerprint density at radius 3 is 2.57 bits per heavy atom. The maximum atomic E-state index is 12.0. The Kier molecular flexibility index (Phi) is 6.22. The van der Waals surface area contributed by atoms with Crippen molar-refractivity contribution in [1.82, 2.24) is 0 Å². The molecule has 0 aliphatic carbocycles. The van der Waals surface area contributed by atoms with Crippen LogP contribution in [0.5, 0.6) is 0 Å². The Morgan fingerprint density at radius 1 is 1.21 bits per heavy atom. The van der Waals surface area contributed by atoms with Gasteiger partial charge in [-0.15, -0.1) is 0 Å². The lowest BCUT2D eigenvalue weighted by Crippen LogP contribution is -2.61. The van der Waals surface area contributed by atoms with Gasteiger partial charge in [0.25, 0.3) is 0 Å². The molecule has 11 nitrogen and oxygen atoms in total. The third-order valence-electron chi connectivity index (χ3n) is 5.29. The maximum absolute atomic E-state index is 12.0. The van der Waals surface area contributed by atoms with E-state index in [9.17, 15) is 30.0 Å². The molecule has 4 N–H and O–H groups in total. The van der Waals surface area contributed by atoms with E-state index < -0.39 is 73.5 Å². The number of ether oxygens (including phenoxy) is 5. The molecule has 0 saturated carbocycles. The number of hydrogen-bond acceptors (Lipinski definition) is 11. The minimum atomic E-state index is -1.62. The zero-order valence-corrected chi connectivity index (χ0v) is 15.3. The van der Waals surface area contributed by atoms with Crippen molar-refractivity contribution in [3.63, 3.8) is 0 Å². The molecule has 0 aromatic heterocycles. The Bertz CT molecular complexity index is 633. The van der Waals surface area contributed by atoms with Gasteiger partial charge in [0.05, 0.1) is 37.9 Å². The van der Waals surface area contributed by atoms with E-state index in [1.54, 1.807) is 6.92 Å². The highest BCUT2D eigenvalue weighted by Crippen LogP contribution is 2.41. The number of fused-ring (bicyclic) bond motifs is 1. The van der Waals surface area contributed by atoms with Gasteiger partial charge in [0.1, 0.15) is 30.5 Å². The Hall–Kier alpha value is -1.76. The largest absolute Gasteiger partial charge is 0.471 e. The molecular formula is C17H24O11. The van der Waals surface area contributed by atoms with Crippen molar-refractivity contribution < 1.29 is 53.7 Å². The summed E-state index contributed by atoms with van der Waals surface area (Å²) in [5.41, 5.74) is 0.157. The summed E-state index contributed by atoms with van der Waals surface area (Å²) < 4.78 is 26.5. The van der Waals surface area contributed by atoms with Crippen LogP contribution in [0.3, 0.4) is 0 Å². The fraction of sp³-hybridized carbons (Fsp3) is 0.765. The van der Waals surface area contributed by atoms with Gasteiger partial charge in [-0.05, 0) is 6.92 Å². The molecule has 0 aromatic carbocycles. The van der Waals surface area contributed by atoms with E-state index in [4.69, 9.17) is 23.7 Å². The molecule has 3 aliphatic rings. The number of carbonyl (C=O) groups is 2. The van der Waals surface area contributed by atoms with Crippen LogP contribution < -0.4 is 0 Å². The molecule has 3 heterocycles. The molecule has 0 bridgehead atoms. The predicted octanol–water partition coefficient (Wildman–Crippen LogP) is -2.22. The Morgan fingerprint density at radius 2 is 1.93 bits per heavy atom. The molecule has 2 saturated heterocycles. The molecule has 3 rings (SSSR count). The van der Waals surface area contributed by atoms with Crippen molar-refractivity contribution in [2.24, 2.45) is 11.8 Å². The normalized spacial score (nSPS) is 43.3. The molecule has 0 spiro atoms. The zero-order chi connectivity index (χ0) is 20.6. The van der Waals surface area contributed by atoms with Crippen LogP contribution in [0.4, 0.5) is 0 Å². The standard InChI is InChI=1S/C17H24O11/c1-6-11-7(3-10(19)26-6)8(15(23)24-2)5-25-16(11)28-17-14(22)13(21)12(20)9(4-18)27-17/h5-7,9,11-14,16-18,20-22H,3-4H2,1-2H3/t6-,7-,9-,11-,12-,13+,14-,16+,17+/m1/s1. The summed E-state index contributed by atoms with van der Waals surface area (Å²) in [5.74, 6) is -2.36. The highest BCUT2D eigenvalue weighted by Gasteiger charge is 2.51. The minimum absolute atomic E-state index is 0.0894. The SMILES string of the molecule is COC(=O)C1=CO[C@@H](O[C@@H]2O[C@H](CO)[C@@H](O)[C@H](O)[C@H]2O)[C@H]2[C@@H]1CC(=O)O[C@@H]2C. The van der Waals surface area contributed by atoms with Gasteiger partial charge >= 0.3 is 11.9 Å². The van der Waals surface area contributed by atoms with Crippen molar-refractivity contribution in [3.8, 4) is 0 Å². The number of esters is 2. The van der Waals surface area contributed by atoms with Crippen molar-refractivity contribution in [2.45, 2.75) is 56.4 Å².